The molecule has 2 aromatic rings. The standard InChI is InChI=1S/C25H29FN8O2/c1-3-19-25(36-20-14-16(27)8-9-18(20)26)32-24(22(31-19)23(28)35)30-17-6-4-5-7-21(29-15-17)34-12-10-33(2)11-13-34/h4-9,14-15H,3,10-13,27H2,1-2H3,(H2,28,35)(H,30,32)/b5-4+,6-4?,7-5?,17-6?,17-15?,21-7-,29-15?,29-21?. The molecule has 0 radical (unpaired) electrons. The van der Waals surface area contributed by atoms with Gasteiger partial charge in [-0.05, 0) is 37.8 Å². The Kier molecular flexibility index (Phi) is 7.59. The minimum atomic E-state index is -0.765. The van der Waals surface area contributed by atoms with Gasteiger partial charge in [-0.3, -0.25) is 4.79 Å². The van der Waals surface area contributed by atoms with Crippen molar-refractivity contribution in [2.75, 3.05) is 44.3 Å². The Bertz CT molecular complexity index is 1260. The van der Waals surface area contributed by atoms with Gasteiger partial charge >= 0.3 is 0 Å². The molecule has 10 nitrogen and oxygen atoms in total. The van der Waals surface area contributed by atoms with Crippen LogP contribution in [-0.2, 0) is 6.42 Å². The third-order valence-corrected chi connectivity index (χ3v) is 5.72. The predicted molar refractivity (Wildman–Crippen MR) is 137 cm³/mol. The maximum Gasteiger partial charge on any atom is 0.271 e. The zero-order chi connectivity index (χ0) is 25.7. The normalized spacial score (nSPS) is 18.5. The van der Waals surface area contributed by atoms with Gasteiger partial charge in [-0.2, -0.15) is 4.98 Å². The van der Waals surface area contributed by atoms with Gasteiger partial charge in [0, 0.05) is 37.9 Å². The van der Waals surface area contributed by atoms with Crippen LogP contribution >= 0.6 is 0 Å². The highest BCUT2D eigenvalue weighted by Crippen LogP contribution is 2.29. The number of aliphatic imine (C=N–C) groups is 1. The number of amides is 1. The maximum atomic E-state index is 14.3. The Morgan fingerprint density at radius 1 is 1.17 bits per heavy atom. The van der Waals surface area contributed by atoms with E-state index in [0.717, 1.165) is 32.0 Å². The summed E-state index contributed by atoms with van der Waals surface area (Å²) in [6.07, 6.45) is 9.49. The molecule has 0 unspecified atom stereocenters. The van der Waals surface area contributed by atoms with E-state index in [1.807, 2.05) is 25.2 Å². The fraction of sp³-hybridized carbons (Fsp3) is 0.280. The lowest BCUT2D eigenvalue weighted by molar-refractivity contribution is 0.0995. The van der Waals surface area contributed by atoms with Crippen molar-refractivity contribution in [3.8, 4) is 11.6 Å². The number of likely N-dealkylation sites (N-methyl/N-ethyl adjacent to an activating group) is 1. The highest BCUT2D eigenvalue weighted by Gasteiger charge is 2.20. The van der Waals surface area contributed by atoms with Crippen molar-refractivity contribution >= 4 is 23.6 Å². The third kappa shape index (κ3) is 5.87. The first-order valence-electron chi connectivity index (χ1n) is 11.6. The number of nitrogens with zero attached hydrogens (tertiary/aromatic N) is 5. The number of nitrogen functional groups attached to an aromatic ring is 1. The number of primary amides is 1. The molecule has 1 aromatic carbocycles. The smallest absolute Gasteiger partial charge is 0.271 e. The van der Waals surface area contributed by atoms with E-state index < -0.39 is 11.7 Å². The largest absolute Gasteiger partial charge is 0.434 e. The SMILES string of the molecule is CCc1nc(C(N)=O)c(NC2=C/C=C/C=C(\N3CCN(C)CC3)N=C2)nc1Oc1cc(N)ccc1F. The average Bonchev–Trinajstić information content (AvgIpc) is 2.84. The molecule has 1 saturated heterocycles. The van der Waals surface area contributed by atoms with Crippen molar-refractivity contribution in [3.05, 3.63) is 71.2 Å². The Hall–Kier alpha value is -4.25. The van der Waals surface area contributed by atoms with Crippen molar-refractivity contribution in [1.82, 2.24) is 19.8 Å². The van der Waals surface area contributed by atoms with E-state index in [1.165, 1.54) is 18.2 Å². The van der Waals surface area contributed by atoms with E-state index in [9.17, 15) is 9.18 Å². The Labute approximate surface area is 208 Å². The first kappa shape index (κ1) is 24.9. The molecule has 2 aliphatic heterocycles. The van der Waals surface area contributed by atoms with Gasteiger partial charge in [0.2, 0.25) is 5.88 Å². The minimum Gasteiger partial charge on any atom is -0.434 e. The number of aryl methyl sites for hydroxylation is 1. The second-order valence-corrected chi connectivity index (χ2v) is 8.39. The fourth-order valence-electron chi connectivity index (χ4n) is 3.68. The lowest BCUT2D eigenvalue weighted by Crippen LogP contribution is -2.43. The molecule has 36 heavy (non-hydrogen) atoms. The van der Waals surface area contributed by atoms with Crippen molar-refractivity contribution in [2.45, 2.75) is 13.3 Å². The summed E-state index contributed by atoms with van der Waals surface area (Å²) in [6, 6.07) is 3.98. The van der Waals surface area contributed by atoms with Gasteiger partial charge in [-0.25, -0.2) is 14.4 Å². The maximum absolute atomic E-state index is 14.3. The molecule has 0 aliphatic carbocycles. The molecule has 1 aromatic heterocycles. The number of nitrogens with two attached hydrogens (primary N) is 2. The lowest BCUT2D eigenvalue weighted by atomic mass is 10.2. The van der Waals surface area contributed by atoms with E-state index in [0.29, 0.717) is 23.5 Å². The number of rotatable bonds is 7. The summed E-state index contributed by atoms with van der Waals surface area (Å²) in [6.45, 7) is 5.46. The van der Waals surface area contributed by atoms with E-state index in [1.54, 1.807) is 12.3 Å². The number of nitrogens with one attached hydrogen (secondary N) is 1. The molecule has 188 valence electrons. The van der Waals surface area contributed by atoms with Crippen molar-refractivity contribution in [3.63, 3.8) is 0 Å². The molecule has 0 bridgehead atoms. The number of halogens is 1. The third-order valence-electron chi connectivity index (χ3n) is 5.72. The monoisotopic (exact) mass is 492 g/mol. The number of aromatic nitrogens is 2. The van der Waals surface area contributed by atoms with Crippen LogP contribution in [0, 0.1) is 5.82 Å². The fourth-order valence-corrected chi connectivity index (χ4v) is 3.68. The highest BCUT2D eigenvalue weighted by molar-refractivity contribution is 5.97. The molecular formula is C25H29FN8O2. The number of hydrogen-bond donors (Lipinski definition) is 3. The van der Waals surface area contributed by atoms with Gasteiger partial charge in [0.25, 0.3) is 5.91 Å². The molecule has 0 saturated carbocycles. The van der Waals surface area contributed by atoms with Crippen LogP contribution in [-0.4, -0.2) is 65.1 Å². The number of carbonyl (C=O) groups is 1. The number of ether oxygens (including phenoxy) is 1. The van der Waals surface area contributed by atoms with Crippen LogP contribution in [0.5, 0.6) is 11.6 Å². The highest BCUT2D eigenvalue weighted by atomic mass is 19.1. The number of hydrogen-bond acceptors (Lipinski definition) is 9. The summed E-state index contributed by atoms with van der Waals surface area (Å²) >= 11 is 0. The van der Waals surface area contributed by atoms with Crippen LogP contribution < -0.4 is 21.5 Å². The molecule has 0 spiro atoms. The van der Waals surface area contributed by atoms with Gasteiger partial charge in [0.05, 0.1) is 11.9 Å². The summed E-state index contributed by atoms with van der Waals surface area (Å²) in [5.74, 6) is -0.547. The molecule has 1 amide bonds. The number of carbonyl (C=O) groups excluding carboxylic acids is 1. The van der Waals surface area contributed by atoms with E-state index in [4.69, 9.17) is 16.2 Å². The molecule has 0 atom stereocenters. The van der Waals surface area contributed by atoms with Crippen LogP contribution in [0.3, 0.4) is 0 Å². The summed E-state index contributed by atoms with van der Waals surface area (Å²) in [4.78, 5) is 30.1. The Balaban J connectivity index is 1.62. The van der Waals surface area contributed by atoms with Crippen molar-refractivity contribution in [1.29, 1.82) is 0 Å². The molecule has 4 rings (SSSR count). The predicted octanol–water partition coefficient (Wildman–Crippen LogP) is 2.68. The van der Waals surface area contributed by atoms with Crippen LogP contribution in [0.1, 0.15) is 23.1 Å². The first-order valence-corrected chi connectivity index (χ1v) is 11.6. The summed E-state index contributed by atoms with van der Waals surface area (Å²) < 4.78 is 20.0. The second-order valence-electron chi connectivity index (χ2n) is 8.39. The van der Waals surface area contributed by atoms with Crippen LogP contribution in [0.4, 0.5) is 15.9 Å². The lowest BCUT2D eigenvalue weighted by Gasteiger charge is -2.34. The summed E-state index contributed by atoms with van der Waals surface area (Å²) in [5.41, 5.74) is 12.5. The second kappa shape index (κ2) is 11.0. The minimum absolute atomic E-state index is 0.0337. The molecule has 3 heterocycles. The number of piperazine rings is 1. The van der Waals surface area contributed by atoms with E-state index in [-0.39, 0.29) is 23.1 Å². The number of allylic oxidation sites excluding steroid dienone is 5. The molecule has 5 N–H and O–H groups in total. The first-order chi connectivity index (χ1) is 17.3. The van der Waals surface area contributed by atoms with E-state index >= 15 is 0 Å². The summed E-state index contributed by atoms with van der Waals surface area (Å²) in [7, 11) is 2.10. The van der Waals surface area contributed by atoms with Crippen LogP contribution in [0.25, 0.3) is 0 Å². The average molecular weight is 493 g/mol. The summed E-state index contributed by atoms with van der Waals surface area (Å²) in [5, 5.41) is 3.07. The molecule has 1 fully saturated rings. The Morgan fingerprint density at radius 3 is 2.64 bits per heavy atom. The topological polar surface area (TPSA) is 135 Å². The Morgan fingerprint density at radius 2 is 1.92 bits per heavy atom. The van der Waals surface area contributed by atoms with Crippen molar-refractivity contribution in [2.24, 2.45) is 10.7 Å². The molecular weight excluding hydrogens is 463 g/mol. The van der Waals surface area contributed by atoms with Gasteiger partial charge in [0.15, 0.2) is 23.1 Å². The quantitative estimate of drug-likeness (QED) is 0.502. The van der Waals surface area contributed by atoms with Crippen LogP contribution in [0.15, 0.2) is 59.0 Å². The molecule has 11 heteroatoms. The molecule has 2 aliphatic rings. The van der Waals surface area contributed by atoms with Crippen molar-refractivity contribution < 1.29 is 13.9 Å². The van der Waals surface area contributed by atoms with Gasteiger partial charge < -0.3 is 31.3 Å². The zero-order valence-corrected chi connectivity index (χ0v) is 20.2. The van der Waals surface area contributed by atoms with Crippen LogP contribution in [0.2, 0.25) is 0 Å². The zero-order valence-electron chi connectivity index (χ0n) is 20.2. The van der Waals surface area contributed by atoms with Gasteiger partial charge in [-0.15, -0.1) is 0 Å². The van der Waals surface area contributed by atoms with Gasteiger partial charge in [-0.1, -0.05) is 19.1 Å². The van der Waals surface area contributed by atoms with E-state index in [2.05, 4.69) is 37.1 Å². The van der Waals surface area contributed by atoms with Gasteiger partial charge in [0.1, 0.15) is 11.5 Å². The number of benzene rings is 1. The number of anilines is 2.